The highest BCUT2D eigenvalue weighted by molar-refractivity contribution is 6.05. The van der Waals surface area contributed by atoms with E-state index in [0.29, 0.717) is 18.8 Å². The maximum atomic E-state index is 12.6. The molecule has 1 aliphatic rings. The lowest BCUT2D eigenvalue weighted by Gasteiger charge is -2.31. The van der Waals surface area contributed by atoms with Crippen LogP contribution in [0.15, 0.2) is 67.2 Å². The number of hydrogen-bond donors (Lipinski definition) is 0. The molecule has 142 valence electrons. The van der Waals surface area contributed by atoms with Gasteiger partial charge in [-0.25, -0.2) is 4.79 Å². The van der Waals surface area contributed by atoms with Crippen molar-refractivity contribution in [1.82, 2.24) is 0 Å². The molecule has 0 unspecified atom stereocenters. The Labute approximate surface area is 165 Å². The van der Waals surface area contributed by atoms with Crippen LogP contribution in [-0.4, -0.2) is 39.4 Å². The Kier molecular flexibility index (Phi) is 5.13. The topological polar surface area (TPSA) is 38.8 Å². The number of hydrogen-bond acceptors (Lipinski definition) is 4. The van der Waals surface area contributed by atoms with Gasteiger partial charge < -0.3 is 14.4 Å². The minimum atomic E-state index is -0.355. The first kappa shape index (κ1) is 18.3. The smallest absolute Gasteiger partial charge is 0.338 e. The summed E-state index contributed by atoms with van der Waals surface area (Å²) < 4.78 is 10.6. The summed E-state index contributed by atoms with van der Waals surface area (Å²) in [6.45, 7) is 7.31. The van der Waals surface area contributed by atoms with E-state index in [-0.39, 0.29) is 5.97 Å². The number of carbonyl (C=O) groups excluding carboxylic acids is 1. The number of fused-ring (bicyclic) bond motifs is 1. The second-order valence-electron chi connectivity index (χ2n) is 6.80. The van der Waals surface area contributed by atoms with Gasteiger partial charge in [0.25, 0.3) is 0 Å². The van der Waals surface area contributed by atoms with Gasteiger partial charge in [0.2, 0.25) is 0 Å². The van der Waals surface area contributed by atoms with Gasteiger partial charge in [-0.15, -0.1) is 0 Å². The van der Waals surface area contributed by atoms with Crippen molar-refractivity contribution in [2.24, 2.45) is 0 Å². The molecular weight excluding hydrogens is 350 g/mol. The number of methoxy groups -OCH3 is 1. The SMILES string of the molecule is C=C(c1c(C(=O)OC)cccc1N1CCOCC1)c1cccc2ccccc12. The number of carbonyl (C=O) groups is 1. The number of morpholine rings is 1. The van der Waals surface area contributed by atoms with Crippen LogP contribution in [-0.2, 0) is 9.47 Å². The Morgan fingerprint density at radius 3 is 2.43 bits per heavy atom. The van der Waals surface area contributed by atoms with Crippen molar-refractivity contribution in [3.05, 3.63) is 83.9 Å². The van der Waals surface area contributed by atoms with E-state index in [1.165, 1.54) is 7.11 Å². The molecular formula is C24H23NO3. The third-order valence-corrected chi connectivity index (χ3v) is 5.22. The lowest BCUT2D eigenvalue weighted by atomic mass is 9.90. The largest absolute Gasteiger partial charge is 0.465 e. The molecule has 3 aromatic rings. The summed E-state index contributed by atoms with van der Waals surface area (Å²) in [7, 11) is 1.41. The molecule has 1 saturated heterocycles. The third kappa shape index (κ3) is 3.27. The molecule has 4 heteroatoms. The van der Waals surface area contributed by atoms with Crippen molar-refractivity contribution in [3.8, 4) is 0 Å². The summed E-state index contributed by atoms with van der Waals surface area (Å²) >= 11 is 0. The molecule has 1 aliphatic heterocycles. The number of ether oxygens (including phenoxy) is 2. The van der Waals surface area contributed by atoms with E-state index in [1.54, 1.807) is 6.07 Å². The van der Waals surface area contributed by atoms with Crippen LogP contribution in [0.1, 0.15) is 21.5 Å². The standard InChI is InChI=1S/C24H23NO3/c1-17(19-10-5-8-18-7-3-4-9-20(18)19)23-21(24(26)27-2)11-6-12-22(23)25-13-15-28-16-14-25/h3-12H,1,13-16H2,2H3. The minimum absolute atomic E-state index is 0.355. The highest BCUT2D eigenvalue weighted by atomic mass is 16.5. The summed E-state index contributed by atoms with van der Waals surface area (Å²) in [5, 5.41) is 2.26. The second kappa shape index (κ2) is 7.87. The first-order chi connectivity index (χ1) is 13.7. The van der Waals surface area contributed by atoms with Crippen LogP contribution in [0.2, 0.25) is 0 Å². The minimum Gasteiger partial charge on any atom is -0.465 e. The normalized spacial score (nSPS) is 14.1. The van der Waals surface area contributed by atoms with Gasteiger partial charge in [-0.3, -0.25) is 0 Å². The molecule has 4 nitrogen and oxygen atoms in total. The zero-order valence-electron chi connectivity index (χ0n) is 16.0. The van der Waals surface area contributed by atoms with Crippen LogP contribution in [0.5, 0.6) is 0 Å². The zero-order valence-corrected chi connectivity index (χ0v) is 16.0. The molecule has 0 atom stereocenters. The van der Waals surface area contributed by atoms with Gasteiger partial charge >= 0.3 is 5.97 Å². The highest BCUT2D eigenvalue weighted by Crippen LogP contribution is 2.37. The van der Waals surface area contributed by atoms with E-state index < -0.39 is 0 Å². The second-order valence-corrected chi connectivity index (χ2v) is 6.80. The maximum Gasteiger partial charge on any atom is 0.338 e. The van der Waals surface area contributed by atoms with Crippen molar-refractivity contribution in [3.63, 3.8) is 0 Å². The first-order valence-electron chi connectivity index (χ1n) is 9.42. The molecule has 0 aromatic heterocycles. The quantitative estimate of drug-likeness (QED) is 0.630. The summed E-state index contributed by atoms with van der Waals surface area (Å²) in [4.78, 5) is 14.8. The van der Waals surface area contributed by atoms with Gasteiger partial charge in [-0.05, 0) is 34.0 Å². The molecule has 28 heavy (non-hydrogen) atoms. The number of esters is 1. The molecule has 1 fully saturated rings. The number of anilines is 1. The summed E-state index contributed by atoms with van der Waals surface area (Å²) in [6.07, 6.45) is 0. The molecule has 0 aliphatic carbocycles. The molecule has 3 aromatic carbocycles. The summed E-state index contributed by atoms with van der Waals surface area (Å²) in [6, 6.07) is 20.1. The van der Waals surface area contributed by atoms with E-state index in [2.05, 4.69) is 35.7 Å². The van der Waals surface area contributed by atoms with Gasteiger partial charge in [0, 0.05) is 24.3 Å². The molecule has 4 rings (SSSR count). The number of rotatable bonds is 4. The Morgan fingerprint density at radius 2 is 1.64 bits per heavy atom. The van der Waals surface area contributed by atoms with Crippen LogP contribution in [0.4, 0.5) is 5.69 Å². The average molecular weight is 373 g/mol. The summed E-state index contributed by atoms with van der Waals surface area (Å²) in [5.41, 5.74) is 4.18. The highest BCUT2D eigenvalue weighted by Gasteiger charge is 2.23. The predicted molar refractivity (Wildman–Crippen MR) is 113 cm³/mol. The van der Waals surface area contributed by atoms with Gasteiger partial charge in [0.05, 0.1) is 25.9 Å². The first-order valence-corrected chi connectivity index (χ1v) is 9.42. The van der Waals surface area contributed by atoms with E-state index >= 15 is 0 Å². The van der Waals surface area contributed by atoms with Crippen LogP contribution in [0.3, 0.4) is 0 Å². The fourth-order valence-electron chi connectivity index (χ4n) is 3.83. The Bertz CT molecular complexity index is 1030. The Morgan fingerprint density at radius 1 is 0.964 bits per heavy atom. The fourth-order valence-corrected chi connectivity index (χ4v) is 3.83. The van der Waals surface area contributed by atoms with E-state index in [1.807, 2.05) is 30.3 Å². The van der Waals surface area contributed by atoms with Crippen molar-refractivity contribution < 1.29 is 14.3 Å². The monoisotopic (exact) mass is 373 g/mol. The molecule has 0 N–H and O–H groups in total. The van der Waals surface area contributed by atoms with E-state index in [0.717, 1.165) is 46.2 Å². The van der Waals surface area contributed by atoms with Crippen LogP contribution in [0, 0.1) is 0 Å². The van der Waals surface area contributed by atoms with Gasteiger partial charge in [0.1, 0.15) is 0 Å². The molecule has 0 bridgehead atoms. The fraction of sp³-hybridized carbons (Fsp3) is 0.208. The third-order valence-electron chi connectivity index (χ3n) is 5.22. The molecule has 1 heterocycles. The van der Waals surface area contributed by atoms with Crippen molar-refractivity contribution in [2.75, 3.05) is 38.3 Å². The number of benzene rings is 3. The van der Waals surface area contributed by atoms with E-state index in [4.69, 9.17) is 9.47 Å². The van der Waals surface area contributed by atoms with Crippen molar-refractivity contribution >= 4 is 28.0 Å². The molecule has 0 radical (unpaired) electrons. The van der Waals surface area contributed by atoms with Crippen LogP contribution >= 0.6 is 0 Å². The lowest BCUT2D eigenvalue weighted by molar-refractivity contribution is 0.0600. The lowest BCUT2D eigenvalue weighted by Crippen LogP contribution is -2.37. The van der Waals surface area contributed by atoms with Gasteiger partial charge in [-0.2, -0.15) is 0 Å². The van der Waals surface area contributed by atoms with Crippen LogP contribution < -0.4 is 4.90 Å². The molecule has 0 spiro atoms. The molecule has 0 amide bonds. The summed E-state index contributed by atoms with van der Waals surface area (Å²) in [5.74, 6) is -0.355. The van der Waals surface area contributed by atoms with E-state index in [9.17, 15) is 4.79 Å². The Balaban J connectivity index is 1.91. The van der Waals surface area contributed by atoms with Gasteiger partial charge in [-0.1, -0.05) is 55.1 Å². The van der Waals surface area contributed by atoms with Crippen molar-refractivity contribution in [1.29, 1.82) is 0 Å². The predicted octanol–water partition coefficient (Wildman–Crippen LogP) is 4.52. The number of nitrogens with zero attached hydrogens (tertiary/aromatic N) is 1. The average Bonchev–Trinajstić information content (AvgIpc) is 2.77. The maximum absolute atomic E-state index is 12.6. The van der Waals surface area contributed by atoms with Crippen LogP contribution in [0.25, 0.3) is 16.3 Å². The molecule has 0 saturated carbocycles. The Hall–Kier alpha value is -3.11. The van der Waals surface area contributed by atoms with Gasteiger partial charge in [0.15, 0.2) is 0 Å². The van der Waals surface area contributed by atoms with Crippen molar-refractivity contribution in [2.45, 2.75) is 0 Å². The zero-order chi connectivity index (χ0) is 19.5.